The van der Waals surface area contributed by atoms with E-state index in [2.05, 4.69) is 5.32 Å². The summed E-state index contributed by atoms with van der Waals surface area (Å²) in [5.74, 6) is -0.0330. The Bertz CT molecular complexity index is 133. The predicted molar refractivity (Wildman–Crippen MR) is 50.3 cm³/mol. The molecule has 4 nitrogen and oxygen atoms in total. The first kappa shape index (κ1) is 12.4. The fourth-order valence-corrected chi connectivity index (χ4v) is 0.958. The highest BCUT2D eigenvalue weighted by molar-refractivity contribution is 5.76. The van der Waals surface area contributed by atoms with Crippen molar-refractivity contribution in [1.82, 2.24) is 5.32 Å². The van der Waals surface area contributed by atoms with Crippen LogP contribution in [0.5, 0.6) is 0 Å². The van der Waals surface area contributed by atoms with Crippen LogP contribution in [0.25, 0.3) is 0 Å². The smallest absolute Gasteiger partial charge is 0.225 e. The van der Waals surface area contributed by atoms with Gasteiger partial charge in [-0.1, -0.05) is 0 Å². The number of rotatable bonds is 7. The van der Waals surface area contributed by atoms with Gasteiger partial charge in [-0.2, -0.15) is 0 Å². The van der Waals surface area contributed by atoms with E-state index < -0.39 is 6.29 Å². The maximum atomic E-state index is 11.1. The van der Waals surface area contributed by atoms with Crippen molar-refractivity contribution in [3.8, 4) is 0 Å². The van der Waals surface area contributed by atoms with Gasteiger partial charge in [-0.25, -0.2) is 0 Å². The zero-order chi connectivity index (χ0) is 10.1. The molecule has 0 heterocycles. The summed E-state index contributed by atoms with van der Waals surface area (Å²) in [7, 11) is 0. The van der Waals surface area contributed by atoms with Crippen LogP contribution in [0.15, 0.2) is 0 Å². The van der Waals surface area contributed by atoms with Crippen molar-refractivity contribution in [2.45, 2.75) is 33.5 Å². The van der Waals surface area contributed by atoms with Gasteiger partial charge in [-0.3, -0.25) is 4.79 Å². The van der Waals surface area contributed by atoms with Crippen molar-refractivity contribution in [1.29, 1.82) is 0 Å². The van der Waals surface area contributed by atoms with Crippen molar-refractivity contribution >= 4 is 5.91 Å². The first-order valence-corrected chi connectivity index (χ1v) is 4.74. The number of carbonyl (C=O) groups is 1. The third-order valence-electron chi connectivity index (χ3n) is 1.43. The monoisotopic (exact) mass is 189 g/mol. The number of hydrogen-bond donors (Lipinski definition) is 1. The van der Waals surface area contributed by atoms with Crippen LogP contribution in [-0.4, -0.2) is 32.0 Å². The molecule has 0 radical (unpaired) electrons. The second kappa shape index (κ2) is 8.01. The van der Waals surface area contributed by atoms with Crippen LogP contribution in [-0.2, 0) is 14.3 Å². The standard InChI is InChI=1S/C9H19NO3/c1-4-10-8(11)7-9(12-5-2)13-6-3/h9H,4-7H2,1-3H3,(H,10,11). The van der Waals surface area contributed by atoms with Gasteiger partial charge < -0.3 is 14.8 Å². The van der Waals surface area contributed by atoms with E-state index in [4.69, 9.17) is 9.47 Å². The molecule has 13 heavy (non-hydrogen) atoms. The summed E-state index contributed by atoms with van der Waals surface area (Å²) in [4.78, 5) is 11.1. The fourth-order valence-electron chi connectivity index (χ4n) is 0.958. The van der Waals surface area contributed by atoms with Gasteiger partial charge in [0.2, 0.25) is 5.91 Å². The van der Waals surface area contributed by atoms with Crippen LogP contribution in [0.1, 0.15) is 27.2 Å². The lowest BCUT2D eigenvalue weighted by molar-refractivity contribution is -0.153. The van der Waals surface area contributed by atoms with Gasteiger partial charge in [0.25, 0.3) is 0 Å². The molecule has 0 atom stereocenters. The van der Waals surface area contributed by atoms with Gasteiger partial charge in [-0.05, 0) is 20.8 Å². The number of amides is 1. The third kappa shape index (κ3) is 6.54. The molecule has 0 aromatic rings. The Morgan fingerprint density at radius 1 is 1.23 bits per heavy atom. The van der Waals surface area contributed by atoms with E-state index in [1.807, 2.05) is 20.8 Å². The van der Waals surface area contributed by atoms with E-state index >= 15 is 0 Å². The van der Waals surface area contributed by atoms with Crippen LogP contribution >= 0.6 is 0 Å². The van der Waals surface area contributed by atoms with Crippen LogP contribution in [0.2, 0.25) is 0 Å². The average Bonchev–Trinajstić information content (AvgIpc) is 2.05. The molecule has 0 aromatic carbocycles. The van der Waals surface area contributed by atoms with E-state index in [0.717, 1.165) is 0 Å². The van der Waals surface area contributed by atoms with E-state index in [-0.39, 0.29) is 12.3 Å². The van der Waals surface area contributed by atoms with Gasteiger partial charge in [0, 0.05) is 19.8 Å². The van der Waals surface area contributed by atoms with Crippen molar-refractivity contribution in [2.24, 2.45) is 0 Å². The molecule has 1 N–H and O–H groups in total. The number of nitrogens with one attached hydrogen (secondary N) is 1. The van der Waals surface area contributed by atoms with Gasteiger partial charge in [0.1, 0.15) is 0 Å². The van der Waals surface area contributed by atoms with Crippen molar-refractivity contribution in [2.75, 3.05) is 19.8 Å². The lowest BCUT2D eigenvalue weighted by Crippen LogP contribution is -2.30. The molecule has 78 valence electrons. The summed E-state index contributed by atoms with van der Waals surface area (Å²) in [5.41, 5.74) is 0. The van der Waals surface area contributed by atoms with Crippen LogP contribution in [0.4, 0.5) is 0 Å². The molecule has 0 bridgehead atoms. The highest BCUT2D eigenvalue weighted by Crippen LogP contribution is 2.00. The molecule has 0 saturated carbocycles. The first-order chi connectivity index (χ1) is 6.24. The summed E-state index contributed by atoms with van der Waals surface area (Å²) >= 11 is 0. The van der Waals surface area contributed by atoms with Crippen molar-refractivity contribution in [3.05, 3.63) is 0 Å². The first-order valence-electron chi connectivity index (χ1n) is 4.74. The Balaban J connectivity index is 3.71. The highest BCUT2D eigenvalue weighted by Gasteiger charge is 2.12. The fraction of sp³-hybridized carbons (Fsp3) is 0.889. The second-order valence-electron chi connectivity index (χ2n) is 2.50. The average molecular weight is 189 g/mol. The number of ether oxygens (including phenoxy) is 2. The predicted octanol–water partition coefficient (Wildman–Crippen LogP) is 0.912. The molecule has 0 rings (SSSR count). The molecule has 0 aliphatic carbocycles. The quantitative estimate of drug-likeness (QED) is 0.606. The zero-order valence-corrected chi connectivity index (χ0v) is 8.63. The number of carbonyl (C=O) groups excluding carboxylic acids is 1. The maximum Gasteiger partial charge on any atom is 0.225 e. The van der Waals surface area contributed by atoms with Crippen LogP contribution in [0, 0.1) is 0 Å². The molecule has 0 saturated heterocycles. The lowest BCUT2D eigenvalue weighted by Gasteiger charge is -2.15. The Morgan fingerprint density at radius 2 is 1.77 bits per heavy atom. The van der Waals surface area contributed by atoms with E-state index in [9.17, 15) is 4.79 Å². The SMILES string of the molecule is CCNC(=O)CC(OCC)OCC. The van der Waals surface area contributed by atoms with Gasteiger partial charge >= 0.3 is 0 Å². The molecular weight excluding hydrogens is 170 g/mol. The highest BCUT2D eigenvalue weighted by atomic mass is 16.7. The van der Waals surface area contributed by atoms with Crippen molar-refractivity contribution in [3.63, 3.8) is 0 Å². The Labute approximate surface area is 79.6 Å². The molecule has 0 aliphatic heterocycles. The summed E-state index contributed by atoms with van der Waals surface area (Å²) < 4.78 is 10.4. The normalized spacial score (nSPS) is 10.5. The molecule has 0 aliphatic rings. The summed E-state index contributed by atoms with van der Waals surface area (Å²) in [5, 5.41) is 2.69. The molecule has 0 spiro atoms. The Kier molecular flexibility index (Phi) is 7.63. The number of hydrogen-bond acceptors (Lipinski definition) is 3. The van der Waals surface area contributed by atoms with Gasteiger partial charge in [-0.15, -0.1) is 0 Å². The maximum absolute atomic E-state index is 11.1. The lowest BCUT2D eigenvalue weighted by atomic mass is 10.4. The zero-order valence-electron chi connectivity index (χ0n) is 8.63. The van der Waals surface area contributed by atoms with Crippen LogP contribution < -0.4 is 5.32 Å². The minimum absolute atomic E-state index is 0.0330. The van der Waals surface area contributed by atoms with E-state index in [1.54, 1.807) is 0 Å². The topological polar surface area (TPSA) is 47.6 Å². The largest absolute Gasteiger partial charge is 0.356 e. The third-order valence-corrected chi connectivity index (χ3v) is 1.43. The molecule has 1 amide bonds. The van der Waals surface area contributed by atoms with Crippen LogP contribution in [0.3, 0.4) is 0 Å². The molecule has 0 unspecified atom stereocenters. The molecule has 0 aromatic heterocycles. The summed E-state index contributed by atoms with van der Waals surface area (Å²) in [6.07, 6.45) is -0.128. The van der Waals surface area contributed by atoms with Gasteiger partial charge in [0.05, 0.1) is 6.42 Å². The minimum Gasteiger partial charge on any atom is -0.356 e. The Morgan fingerprint density at radius 3 is 2.15 bits per heavy atom. The van der Waals surface area contributed by atoms with E-state index in [1.165, 1.54) is 0 Å². The van der Waals surface area contributed by atoms with Crippen molar-refractivity contribution < 1.29 is 14.3 Å². The summed E-state index contributed by atoms with van der Waals surface area (Å²) in [6, 6.07) is 0. The summed E-state index contributed by atoms with van der Waals surface area (Å²) in [6.45, 7) is 7.40. The minimum atomic E-state index is -0.401. The van der Waals surface area contributed by atoms with E-state index in [0.29, 0.717) is 19.8 Å². The second-order valence-corrected chi connectivity index (χ2v) is 2.50. The molecular formula is C9H19NO3. The van der Waals surface area contributed by atoms with Gasteiger partial charge in [0.15, 0.2) is 6.29 Å². The Hall–Kier alpha value is -0.610. The molecule has 4 heteroatoms. The molecule has 0 fully saturated rings.